The van der Waals surface area contributed by atoms with E-state index in [0.717, 1.165) is 5.56 Å². The van der Waals surface area contributed by atoms with Gasteiger partial charge in [-0.15, -0.1) is 0 Å². The Labute approximate surface area is 172 Å². The Morgan fingerprint density at radius 3 is 2.70 bits per heavy atom. The van der Waals surface area contributed by atoms with Gasteiger partial charge in [0.1, 0.15) is 5.82 Å². The molecule has 1 unspecified atom stereocenters. The fraction of sp³-hybridized carbons (Fsp3) is 0.273. The molecule has 30 heavy (non-hydrogen) atoms. The molecule has 3 aromatic rings. The standard InChI is InChI=1S/C22H21FN4O3/c23-17-8-6-16(7-9-17)22-25-20(30-26-22)10-11-21(29)27-13-12-24-19(28)14-18(27)15-4-2-1-3-5-15/h1-9,18H,10-14H2,(H,24,28). The fourth-order valence-corrected chi connectivity index (χ4v) is 3.53. The number of halogens is 1. The van der Waals surface area contributed by atoms with Crippen molar-refractivity contribution in [1.29, 1.82) is 0 Å². The summed E-state index contributed by atoms with van der Waals surface area (Å²) in [6.07, 6.45) is 0.694. The third-order valence-electron chi connectivity index (χ3n) is 5.06. The van der Waals surface area contributed by atoms with Crippen LogP contribution in [-0.2, 0) is 16.0 Å². The molecule has 4 rings (SSSR count). The highest BCUT2D eigenvalue weighted by atomic mass is 19.1. The summed E-state index contributed by atoms with van der Waals surface area (Å²) in [4.78, 5) is 31.1. The molecule has 1 aliphatic rings. The zero-order chi connectivity index (χ0) is 20.9. The first kappa shape index (κ1) is 19.8. The van der Waals surface area contributed by atoms with E-state index in [4.69, 9.17) is 4.52 Å². The van der Waals surface area contributed by atoms with Crippen molar-refractivity contribution in [3.05, 3.63) is 71.9 Å². The van der Waals surface area contributed by atoms with Gasteiger partial charge in [-0.1, -0.05) is 35.5 Å². The van der Waals surface area contributed by atoms with Crippen molar-refractivity contribution in [3.8, 4) is 11.4 Å². The first-order valence-corrected chi connectivity index (χ1v) is 9.80. The third kappa shape index (κ3) is 4.53. The number of nitrogens with zero attached hydrogens (tertiary/aromatic N) is 3. The van der Waals surface area contributed by atoms with E-state index in [1.807, 2.05) is 30.3 Å². The van der Waals surface area contributed by atoms with Crippen LogP contribution in [0, 0.1) is 5.82 Å². The number of amides is 2. The van der Waals surface area contributed by atoms with E-state index in [1.54, 1.807) is 17.0 Å². The van der Waals surface area contributed by atoms with Gasteiger partial charge in [0.2, 0.25) is 23.5 Å². The van der Waals surface area contributed by atoms with Crippen LogP contribution in [0.5, 0.6) is 0 Å². The number of aromatic nitrogens is 2. The van der Waals surface area contributed by atoms with Crippen molar-refractivity contribution in [3.63, 3.8) is 0 Å². The molecule has 7 nitrogen and oxygen atoms in total. The largest absolute Gasteiger partial charge is 0.354 e. The smallest absolute Gasteiger partial charge is 0.227 e. The minimum atomic E-state index is -0.341. The molecule has 2 heterocycles. The number of nitrogens with one attached hydrogen (secondary N) is 1. The lowest BCUT2D eigenvalue weighted by atomic mass is 10.0. The van der Waals surface area contributed by atoms with E-state index in [-0.39, 0.29) is 42.9 Å². The SMILES string of the molecule is O=C1CC(c2ccccc2)N(C(=O)CCc2nc(-c3ccc(F)cc3)no2)CCN1. The molecule has 1 aromatic heterocycles. The maximum absolute atomic E-state index is 13.1. The molecular weight excluding hydrogens is 387 g/mol. The van der Waals surface area contributed by atoms with Gasteiger partial charge in [-0.05, 0) is 29.8 Å². The number of aryl methyl sites for hydroxylation is 1. The van der Waals surface area contributed by atoms with E-state index in [1.165, 1.54) is 12.1 Å². The lowest BCUT2D eigenvalue weighted by Crippen LogP contribution is -2.36. The Morgan fingerprint density at radius 2 is 1.93 bits per heavy atom. The van der Waals surface area contributed by atoms with Crippen LogP contribution in [0.2, 0.25) is 0 Å². The lowest BCUT2D eigenvalue weighted by molar-refractivity contribution is -0.133. The highest BCUT2D eigenvalue weighted by Gasteiger charge is 2.29. The maximum atomic E-state index is 13.1. The van der Waals surface area contributed by atoms with Gasteiger partial charge in [0.05, 0.1) is 12.5 Å². The van der Waals surface area contributed by atoms with Crippen LogP contribution < -0.4 is 5.32 Å². The predicted molar refractivity (Wildman–Crippen MR) is 107 cm³/mol. The van der Waals surface area contributed by atoms with Crippen LogP contribution >= 0.6 is 0 Å². The Hall–Kier alpha value is -3.55. The van der Waals surface area contributed by atoms with Crippen LogP contribution in [0.1, 0.15) is 30.3 Å². The lowest BCUT2D eigenvalue weighted by Gasteiger charge is -2.29. The first-order chi connectivity index (χ1) is 14.6. The van der Waals surface area contributed by atoms with E-state index in [0.29, 0.717) is 30.4 Å². The summed E-state index contributed by atoms with van der Waals surface area (Å²) in [7, 11) is 0. The van der Waals surface area contributed by atoms with Crippen molar-refractivity contribution in [2.75, 3.05) is 13.1 Å². The fourth-order valence-electron chi connectivity index (χ4n) is 3.53. The monoisotopic (exact) mass is 408 g/mol. The summed E-state index contributed by atoms with van der Waals surface area (Å²) in [6, 6.07) is 15.0. The summed E-state index contributed by atoms with van der Waals surface area (Å²) >= 11 is 0. The number of benzene rings is 2. The molecule has 1 atom stereocenters. The molecule has 154 valence electrons. The zero-order valence-corrected chi connectivity index (χ0v) is 16.3. The molecule has 0 spiro atoms. The van der Waals surface area contributed by atoms with Gasteiger partial charge in [0.15, 0.2) is 0 Å². The molecule has 1 saturated heterocycles. The summed E-state index contributed by atoms with van der Waals surface area (Å²) in [6.45, 7) is 0.859. The second-order valence-electron chi connectivity index (χ2n) is 7.09. The highest BCUT2D eigenvalue weighted by Crippen LogP contribution is 2.26. The molecule has 0 bridgehead atoms. The number of carbonyl (C=O) groups is 2. The van der Waals surface area contributed by atoms with Crippen LogP contribution in [0.4, 0.5) is 4.39 Å². The van der Waals surface area contributed by atoms with E-state index < -0.39 is 0 Å². The van der Waals surface area contributed by atoms with Gasteiger partial charge < -0.3 is 14.7 Å². The van der Waals surface area contributed by atoms with Gasteiger partial charge >= 0.3 is 0 Å². The van der Waals surface area contributed by atoms with Crippen molar-refractivity contribution in [1.82, 2.24) is 20.4 Å². The maximum Gasteiger partial charge on any atom is 0.227 e. The molecule has 0 aliphatic carbocycles. The van der Waals surface area contributed by atoms with E-state index in [2.05, 4.69) is 15.5 Å². The zero-order valence-electron chi connectivity index (χ0n) is 16.3. The number of rotatable bonds is 5. The Bertz CT molecular complexity index is 1020. The highest BCUT2D eigenvalue weighted by molar-refractivity contribution is 5.81. The van der Waals surface area contributed by atoms with Crippen molar-refractivity contribution < 1.29 is 18.5 Å². The summed E-state index contributed by atoms with van der Waals surface area (Å²) in [5.41, 5.74) is 1.57. The average molecular weight is 408 g/mol. The van der Waals surface area contributed by atoms with E-state index in [9.17, 15) is 14.0 Å². The predicted octanol–water partition coefficient (Wildman–Crippen LogP) is 2.90. The molecule has 1 N–H and O–H groups in total. The van der Waals surface area contributed by atoms with Crippen molar-refractivity contribution in [2.45, 2.75) is 25.3 Å². The minimum Gasteiger partial charge on any atom is -0.354 e. The first-order valence-electron chi connectivity index (χ1n) is 9.80. The Balaban J connectivity index is 1.44. The molecule has 0 saturated carbocycles. The topological polar surface area (TPSA) is 88.3 Å². The van der Waals surface area contributed by atoms with Gasteiger partial charge in [0.25, 0.3) is 0 Å². The van der Waals surface area contributed by atoms with Crippen LogP contribution in [0.15, 0.2) is 59.1 Å². The molecule has 2 aromatic carbocycles. The number of hydrogen-bond donors (Lipinski definition) is 1. The van der Waals surface area contributed by atoms with Crippen LogP contribution in [0.3, 0.4) is 0 Å². The normalized spacial score (nSPS) is 16.8. The van der Waals surface area contributed by atoms with Gasteiger partial charge in [-0.2, -0.15) is 4.98 Å². The molecule has 0 radical (unpaired) electrons. The minimum absolute atomic E-state index is 0.0695. The number of hydrogen-bond acceptors (Lipinski definition) is 5. The molecule has 1 aliphatic heterocycles. The molecule has 8 heteroatoms. The second-order valence-corrected chi connectivity index (χ2v) is 7.09. The van der Waals surface area contributed by atoms with Crippen molar-refractivity contribution >= 4 is 11.8 Å². The Morgan fingerprint density at radius 1 is 1.17 bits per heavy atom. The summed E-state index contributed by atoms with van der Waals surface area (Å²) in [5.74, 6) is 0.195. The van der Waals surface area contributed by atoms with Gasteiger partial charge in [0, 0.05) is 31.5 Å². The average Bonchev–Trinajstić information content (AvgIpc) is 3.15. The van der Waals surface area contributed by atoms with E-state index >= 15 is 0 Å². The van der Waals surface area contributed by atoms with Crippen LogP contribution in [-0.4, -0.2) is 39.9 Å². The molecule has 1 fully saturated rings. The summed E-state index contributed by atoms with van der Waals surface area (Å²) < 4.78 is 18.3. The molecular formula is C22H21FN4O3. The van der Waals surface area contributed by atoms with Crippen LogP contribution in [0.25, 0.3) is 11.4 Å². The quantitative estimate of drug-likeness (QED) is 0.701. The Kier molecular flexibility index (Phi) is 5.83. The van der Waals surface area contributed by atoms with Crippen molar-refractivity contribution in [2.24, 2.45) is 0 Å². The second kappa shape index (κ2) is 8.86. The van der Waals surface area contributed by atoms with Gasteiger partial charge in [-0.3, -0.25) is 9.59 Å². The summed E-state index contributed by atoms with van der Waals surface area (Å²) in [5, 5.41) is 6.73. The molecule has 2 amide bonds. The van der Waals surface area contributed by atoms with Gasteiger partial charge in [-0.25, -0.2) is 4.39 Å². The third-order valence-corrected chi connectivity index (χ3v) is 5.06. The number of carbonyl (C=O) groups excluding carboxylic acids is 2.